The van der Waals surface area contributed by atoms with Crippen molar-refractivity contribution >= 4 is 12.0 Å². The number of ether oxygens (including phenoxy) is 2. The fourth-order valence-electron chi connectivity index (χ4n) is 2.11. The second-order valence-corrected chi connectivity index (χ2v) is 4.42. The monoisotopic (exact) mass is 291 g/mol. The number of hydrogen-bond donors (Lipinski definition) is 2. The number of carbonyl (C=O) groups excluding carboxylic acids is 2. The molecule has 1 aliphatic heterocycles. The van der Waals surface area contributed by atoms with E-state index >= 15 is 0 Å². The van der Waals surface area contributed by atoms with Crippen LogP contribution in [0.15, 0.2) is 29.6 Å². The predicted molar refractivity (Wildman–Crippen MR) is 74.5 cm³/mol. The zero-order valence-electron chi connectivity index (χ0n) is 12.1. The van der Waals surface area contributed by atoms with Gasteiger partial charge in [0.25, 0.3) is 0 Å². The Balaban J connectivity index is 2.39. The van der Waals surface area contributed by atoms with Crippen LogP contribution in [0.1, 0.15) is 25.5 Å². The van der Waals surface area contributed by atoms with Gasteiger partial charge >= 0.3 is 12.0 Å². The summed E-state index contributed by atoms with van der Waals surface area (Å²) in [5.41, 5.74) is 1.51. The van der Waals surface area contributed by atoms with Gasteiger partial charge in [0.2, 0.25) is 5.88 Å². The lowest BCUT2D eigenvalue weighted by atomic mass is 9.97. The average molecular weight is 291 g/mol. The van der Waals surface area contributed by atoms with E-state index in [1.165, 1.54) is 7.11 Å². The summed E-state index contributed by atoms with van der Waals surface area (Å²) in [7, 11) is 1.52. The number of aromatic nitrogens is 1. The second kappa shape index (κ2) is 6.25. The molecule has 7 heteroatoms. The molecule has 21 heavy (non-hydrogen) atoms. The summed E-state index contributed by atoms with van der Waals surface area (Å²) in [6.07, 6.45) is 1.56. The zero-order valence-corrected chi connectivity index (χ0v) is 12.1. The number of nitrogens with one attached hydrogen (secondary N) is 2. The van der Waals surface area contributed by atoms with Crippen molar-refractivity contribution in [2.75, 3.05) is 13.7 Å². The van der Waals surface area contributed by atoms with Gasteiger partial charge in [-0.25, -0.2) is 14.6 Å². The van der Waals surface area contributed by atoms with Crippen molar-refractivity contribution in [3.8, 4) is 5.88 Å². The maximum Gasteiger partial charge on any atom is 0.338 e. The molecular formula is C14H17N3O4. The molecule has 0 spiro atoms. The van der Waals surface area contributed by atoms with E-state index in [1.807, 2.05) is 0 Å². The normalized spacial score (nSPS) is 17.9. The number of amides is 2. The lowest BCUT2D eigenvalue weighted by molar-refractivity contribution is -0.139. The van der Waals surface area contributed by atoms with Crippen LogP contribution in [0.3, 0.4) is 0 Å². The van der Waals surface area contributed by atoms with Crippen LogP contribution in [0.4, 0.5) is 4.79 Å². The highest BCUT2D eigenvalue weighted by molar-refractivity contribution is 5.94. The first-order valence-corrected chi connectivity index (χ1v) is 6.52. The van der Waals surface area contributed by atoms with Crippen molar-refractivity contribution < 1.29 is 19.1 Å². The van der Waals surface area contributed by atoms with Gasteiger partial charge in [-0.1, -0.05) is 0 Å². The Bertz CT molecular complexity index is 580. The molecule has 0 radical (unpaired) electrons. The number of urea groups is 1. The number of rotatable bonds is 4. The summed E-state index contributed by atoms with van der Waals surface area (Å²) in [5, 5.41) is 5.27. The van der Waals surface area contributed by atoms with Crippen molar-refractivity contribution in [3.63, 3.8) is 0 Å². The van der Waals surface area contributed by atoms with Crippen molar-refractivity contribution in [1.29, 1.82) is 0 Å². The molecule has 112 valence electrons. The van der Waals surface area contributed by atoms with Crippen LogP contribution < -0.4 is 15.4 Å². The number of hydrogen-bond acceptors (Lipinski definition) is 5. The first kappa shape index (κ1) is 14.8. The quantitative estimate of drug-likeness (QED) is 0.816. The van der Waals surface area contributed by atoms with Crippen LogP contribution in [0.2, 0.25) is 0 Å². The molecule has 7 nitrogen and oxygen atoms in total. The molecule has 0 aliphatic carbocycles. The Hall–Kier alpha value is -2.57. The van der Waals surface area contributed by atoms with E-state index in [2.05, 4.69) is 15.6 Å². The second-order valence-electron chi connectivity index (χ2n) is 4.42. The maximum absolute atomic E-state index is 12.1. The number of carbonyl (C=O) groups is 2. The zero-order chi connectivity index (χ0) is 15.4. The number of allylic oxidation sites excluding steroid dienone is 1. The van der Waals surface area contributed by atoms with E-state index < -0.39 is 12.0 Å². The molecule has 2 amide bonds. The summed E-state index contributed by atoms with van der Waals surface area (Å²) in [6, 6.07) is 2.44. The van der Waals surface area contributed by atoms with E-state index in [0.29, 0.717) is 22.7 Å². The predicted octanol–water partition coefficient (Wildman–Crippen LogP) is 1.28. The Labute approximate surface area is 122 Å². The third-order valence-electron chi connectivity index (χ3n) is 3.07. The molecule has 0 bridgehead atoms. The van der Waals surface area contributed by atoms with Gasteiger partial charge in [0.1, 0.15) is 0 Å². The fourth-order valence-corrected chi connectivity index (χ4v) is 2.11. The molecule has 1 aromatic rings. The molecule has 0 saturated carbocycles. The first-order valence-electron chi connectivity index (χ1n) is 6.52. The molecule has 0 unspecified atom stereocenters. The number of esters is 1. The van der Waals surface area contributed by atoms with Gasteiger partial charge in [-0.05, 0) is 25.5 Å². The van der Waals surface area contributed by atoms with Gasteiger partial charge < -0.3 is 20.1 Å². The Morgan fingerprint density at radius 2 is 2.19 bits per heavy atom. The van der Waals surface area contributed by atoms with Gasteiger partial charge in [-0.15, -0.1) is 0 Å². The van der Waals surface area contributed by atoms with E-state index in [-0.39, 0.29) is 12.6 Å². The van der Waals surface area contributed by atoms with Gasteiger partial charge in [0, 0.05) is 18.0 Å². The Morgan fingerprint density at radius 1 is 1.43 bits per heavy atom. The van der Waals surface area contributed by atoms with E-state index in [1.54, 1.807) is 32.2 Å². The minimum atomic E-state index is -0.601. The highest BCUT2D eigenvalue weighted by atomic mass is 16.5. The molecule has 2 N–H and O–H groups in total. The van der Waals surface area contributed by atoms with Gasteiger partial charge in [0.15, 0.2) is 0 Å². The average Bonchev–Trinajstić information content (AvgIpc) is 2.46. The smallest absolute Gasteiger partial charge is 0.338 e. The molecule has 1 aromatic heterocycles. The SMILES string of the molecule is CCOC(=O)C1=C(C)NC(=O)N[C@@H]1c1ccc(OC)nc1. The summed E-state index contributed by atoms with van der Waals surface area (Å²) in [4.78, 5) is 27.9. The molecule has 2 heterocycles. The van der Waals surface area contributed by atoms with Crippen LogP contribution >= 0.6 is 0 Å². The Morgan fingerprint density at radius 3 is 2.76 bits per heavy atom. The maximum atomic E-state index is 12.1. The minimum absolute atomic E-state index is 0.261. The number of methoxy groups -OCH3 is 1. The first-order chi connectivity index (χ1) is 10.1. The summed E-state index contributed by atoms with van der Waals surface area (Å²) in [5.74, 6) is -0.0132. The molecule has 0 aromatic carbocycles. The third kappa shape index (κ3) is 3.13. The van der Waals surface area contributed by atoms with Crippen molar-refractivity contribution in [3.05, 3.63) is 35.2 Å². The van der Waals surface area contributed by atoms with Gasteiger partial charge in [-0.3, -0.25) is 0 Å². The standard InChI is InChI=1S/C14H17N3O4/c1-4-21-13(18)11-8(2)16-14(19)17-12(11)9-5-6-10(20-3)15-7-9/h5-7,12H,4H2,1-3H3,(H2,16,17,19)/t12-/m1/s1. The summed E-state index contributed by atoms with van der Waals surface area (Å²) in [6.45, 7) is 3.65. The fraction of sp³-hybridized carbons (Fsp3) is 0.357. The van der Waals surface area contributed by atoms with Gasteiger partial charge in [-0.2, -0.15) is 0 Å². The lowest BCUT2D eigenvalue weighted by Crippen LogP contribution is -2.45. The summed E-state index contributed by atoms with van der Waals surface area (Å²) < 4.78 is 10.0. The Kier molecular flexibility index (Phi) is 4.42. The minimum Gasteiger partial charge on any atom is -0.481 e. The van der Waals surface area contributed by atoms with Crippen LogP contribution in [-0.2, 0) is 9.53 Å². The highest BCUT2D eigenvalue weighted by Gasteiger charge is 2.32. The van der Waals surface area contributed by atoms with Gasteiger partial charge in [0.05, 0.1) is 25.3 Å². The third-order valence-corrected chi connectivity index (χ3v) is 3.07. The molecule has 1 atom stereocenters. The van der Waals surface area contributed by atoms with Crippen molar-refractivity contribution in [2.24, 2.45) is 0 Å². The molecule has 0 fully saturated rings. The summed E-state index contributed by atoms with van der Waals surface area (Å²) >= 11 is 0. The molecule has 2 rings (SSSR count). The van der Waals surface area contributed by atoms with Crippen LogP contribution in [0.25, 0.3) is 0 Å². The molecular weight excluding hydrogens is 274 g/mol. The molecule has 0 saturated heterocycles. The number of pyridine rings is 1. The number of nitrogens with zero attached hydrogens (tertiary/aromatic N) is 1. The topological polar surface area (TPSA) is 89.5 Å². The van der Waals surface area contributed by atoms with E-state index in [9.17, 15) is 9.59 Å². The van der Waals surface area contributed by atoms with Crippen LogP contribution in [0, 0.1) is 0 Å². The lowest BCUT2D eigenvalue weighted by Gasteiger charge is -2.27. The van der Waals surface area contributed by atoms with Crippen LogP contribution in [0.5, 0.6) is 5.88 Å². The van der Waals surface area contributed by atoms with E-state index in [0.717, 1.165) is 0 Å². The molecule has 1 aliphatic rings. The van der Waals surface area contributed by atoms with E-state index in [4.69, 9.17) is 9.47 Å². The largest absolute Gasteiger partial charge is 0.481 e. The highest BCUT2D eigenvalue weighted by Crippen LogP contribution is 2.27. The van der Waals surface area contributed by atoms with Crippen LogP contribution in [-0.4, -0.2) is 30.7 Å². The van der Waals surface area contributed by atoms with Crippen molar-refractivity contribution in [1.82, 2.24) is 15.6 Å². The van der Waals surface area contributed by atoms with Crippen molar-refractivity contribution in [2.45, 2.75) is 19.9 Å².